The molecule has 1 fully saturated rings. The minimum Gasteiger partial charge on any atom is -0.444 e. The van der Waals surface area contributed by atoms with Gasteiger partial charge >= 0.3 is 6.09 Å². The van der Waals surface area contributed by atoms with Crippen LogP contribution in [0, 0.1) is 40.9 Å². The molecule has 1 heterocycles. The molecular weight excluding hydrogens is 549 g/mol. The van der Waals surface area contributed by atoms with Gasteiger partial charge in [-0.05, 0) is 25.2 Å². The number of hydrogen-bond acceptors (Lipinski definition) is 7. The fraction of sp³-hybridized carbons (Fsp3) is 0.571. The number of alkyl carbamates (subject to hydrolysis) is 1. The van der Waals surface area contributed by atoms with E-state index in [1.807, 2.05) is 5.32 Å². The van der Waals surface area contributed by atoms with E-state index in [1.54, 1.807) is 13.8 Å². The summed E-state index contributed by atoms with van der Waals surface area (Å²) in [5.41, 5.74) is -3.96. The molecule has 214 valence electrons. The summed E-state index contributed by atoms with van der Waals surface area (Å²) < 4.78 is 104. The number of amides is 3. The van der Waals surface area contributed by atoms with Gasteiger partial charge in [0.25, 0.3) is 10.1 Å². The van der Waals surface area contributed by atoms with E-state index in [9.17, 15) is 54.4 Å². The van der Waals surface area contributed by atoms with Gasteiger partial charge in [-0.15, -0.1) is 0 Å². The molecule has 17 heteroatoms. The first-order valence-electron chi connectivity index (χ1n) is 11.2. The molecule has 0 saturated carbocycles. The Morgan fingerprint density at radius 2 is 1.61 bits per heavy atom. The van der Waals surface area contributed by atoms with Crippen molar-refractivity contribution in [3.63, 3.8) is 0 Å². The van der Waals surface area contributed by atoms with E-state index in [-0.39, 0.29) is 25.3 Å². The van der Waals surface area contributed by atoms with E-state index in [4.69, 9.17) is 0 Å². The number of benzene rings is 1. The molecule has 1 saturated heterocycles. The molecule has 1 aromatic rings. The number of aliphatic hydroxyl groups excluding tert-OH is 1. The molecule has 4 atom stereocenters. The molecule has 0 aromatic heterocycles. The van der Waals surface area contributed by atoms with E-state index in [0.29, 0.717) is 0 Å². The summed E-state index contributed by atoms with van der Waals surface area (Å²) in [5, 5.41) is 16.7. The quantitative estimate of drug-likeness (QED) is 0.114. The first kappa shape index (κ1) is 31.2. The van der Waals surface area contributed by atoms with E-state index >= 15 is 0 Å². The van der Waals surface area contributed by atoms with Crippen LogP contribution in [0.1, 0.15) is 38.7 Å². The van der Waals surface area contributed by atoms with Crippen molar-refractivity contribution in [2.75, 3.05) is 6.54 Å². The third-order valence-electron chi connectivity index (χ3n) is 5.64. The van der Waals surface area contributed by atoms with Crippen molar-refractivity contribution in [2.24, 2.45) is 11.8 Å². The summed E-state index contributed by atoms with van der Waals surface area (Å²) >= 11 is 0. The van der Waals surface area contributed by atoms with Crippen LogP contribution in [0.3, 0.4) is 0 Å². The first-order valence-corrected chi connectivity index (χ1v) is 12.7. The lowest BCUT2D eigenvalue weighted by atomic mass is 9.97. The van der Waals surface area contributed by atoms with Gasteiger partial charge in [-0.3, -0.25) is 14.1 Å². The molecule has 1 aliphatic heterocycles. The Labute approximate surface area is 213 Å². The molecule has 1 aliphatic rings. The Balaban J connectivity index is 2.17. The highest BCUT2D eigenvalue weighted by atomic mass is 32.2. The number of hydrogen-bond donors (Lipinski definition) is 5. The lowest BCUT2D eigenvalue weighted by Gasteiger charge is -2.27. The molecule has 11 nitrogen and oxygen atoms in total. The van der Waals surface area contributed by atoms with Gasteiger partial charge in [0.05, 0.1) is 11.6 Å². The van der Waals surface area contributed by atoms with E-state index in [2.05, 4.69) is 15.4 Å². The summed E-state index contributed by atoms with van der Waals surface area (Å²) in [4.78, 5) is 37.0. The number of halogens is 5. The maximum atomic E-state index is 13.8. The van der Waals surface area contributed by atoms with Gasteiger partial charge in [0.2, 0.25) is 23.1 Å². The van der Waals surface area contributed by atoms with Crippen LogP contribution in [0.15, 0.2) is 0 Å². The smallest absolute Gasteiger partial charge is 0.408 e. The van der Waals surface area contributed by atoms with Crippen LogP contribution in [-0.4, -0.2) is 60.0 Å². The second kappa shape index (κ2) is 12.7. The van der Waals surface area contributed by atoms with E-state index < -0.39 is 99.1 Å². The summed E-state index contributed by atoms with van der Waals surface area (Å²) in [6, 6.07) is -3.19. The second-order valence-corrected chi connectivity index (χ2v) is 10.5. The normalized spacial score (nSPS) is 18.1. The lowest BCUT2D eigenvalue weighted by Crippen LogP contribution is -2.55. The maximum Gasteiger partial charge on any atom is 0.408 e. The first-order chi connectivity index (χ1) is 17.5. The summed E-state index contributed by atoms with van der Waals surface area (Å²) in [6.45, 7) is 2.11. The van der Waals surface area contributed by atoms with Gasteiger partial charge in [-0.1, -0.05) is 13.8 Å². The van der Waals surface area contributed by atoms with Gasteiger partial charge in [0.15, 0.2) is 23.3 Å². The third-order valence-corrected chi connectivity index (χ3v) is 6.58. The van der Waals surface area contributed by atoms with Gasteiger partial charge < -0.3 is 25.8 Å². The number of ether oxygens (including phenoxy) is 1. The highest BCUT2D eigenvalue weighted by Gasteiger charge is 2.38. The Morgan fingerprint density at radius 3 is 2.08 bits per heavy atom. The lowest BCUT2D eigenvalue weighted by molar-refractivity contribution is -0.126. The minimum atomic E-state index is -5.10. The Hall–Kier alpha value is -3.05. The fourth-order valence-corrected chi connectivity index (χ4v) is 4.31. The Kier molecular flexibility index (Phi) is 10.4. The average molecular weight is 576 g/mol. The van der Waals surface area contributed by atoms with Crippen molar-refractivity contribution in [2.45, 2.75) is 57.2 Å². The molecule has 0 radical (unpaired) electrons. The standard InChI is InChI=1S/C21H26F5N3O8S/c1-8(2)5-11(29-21(33)37-7-10-13(22)15(24)17(26)16(25)14(10)23)19(31)28-12(20(32)38(34,35)36)6-9-3-4-27-18(9)30/h8-9,11-12,20,32H,3-7H2,1-2H3,(H,27,30)(H,28,31)(H,29,33)(H,34,35,36)/t9?,11-,12-,20?/m0/s1. The zero-order chi connectivity index (χ0) is 28.9. The average Bonchev–Trinajstić information content (AvgIpc) is 3.23. The van der Waals surface area contributed by atoms with Crippen molar-refractivity contribution in [1.82, 2.24) is 16.0 Å². The van der Waals surface area contributed by atoms with Crippen molar-refractivity contribution < 1.29 is 59.1 Å². The minimum absolute atomic E-state index is 0.123. The molecule has 2 rings (SSSR count). The van der Waals surface area contributed by atoms with Crippen molar-refractivity contribution in [1.29, 1.82) is 0 Å². The number of nitrogens with one attached hydrogen (secondary N) is 3. The van der Waals surface area contributed by atoms with Crippen LogP contribution >= 0.6 is 0 Å². The molecule has 2 unspecified atom stereocenters. The van der Waals surface area contributed by atoms with Crippen LogP contribution < -0.4 is 16.0 Å². The van der Waals surface area contributed by atoms with Crippen molar-refractivity contribution >= 4 is 28.0 Å². The maximum absolute atomic E-state index is 13.8. The zero-order valence-corrected chi connectivity index (χ0v) is 20.9. The number of rotatable bonds is 11. The number of aliphatic hydroxyl groups is 1. The van der Waals surface area contributed by atoms with Crippen molar-refractivity contribution in [3.8, 4) is 0 Å². The predicted octanol–water partition coefficient (Wildman–Crippen LogP) is 1.24. The van der Waals surface area contributed by atoms with Crippen LogP contribution in [-0.2, 0) is 31.1 Å². The zero-order valence-electron chi connectivity index (χ0n) is 20.1. The molecule has 0 bridgehead atoms. The number of carbonyl (C=O) groups excluding carboxylic acids is 3. The summed E-state index contributed by atoms with van der Waals surface area (Å²) in [5.74, 6) is -14.0. The van der Waals surface area contributed by atoms with Gasteiger partial charge in [-0.2, -0.15) is 8.42 Å². The van der Waals surface area contributed by atoms with Crippen LogP contribution in [0.5, 0.6) is 0 Å². The summed E-state index contributed by atoms with van der Waals surface area (Å²) in [7, 11) is -5.10. The SMILES string of the molecule is CC(C)C[C@H](NC(=O)OCc1c(F)c(F)c(F)c(F)c1F)C(=O)N[C@@H](CC1CCNC1=O)C(O)S(=O)(=O)O. The summed E-state index contributed by atoms with van der Waals surface area (Å²) in [6.07, 6.45) is -1.77. The van der Waals surface area contributed by atoms with Gasteiger partial charge in [0, 0.05) is 12.5 Å². The monoisotopic (exact) mass is 575 g/mol. The topological polar surface area (TPSA) is 171 Å². The van der Waals surface area contributed by atoms with Crippen LogP contribution in [0.4, 0.5) is 26.7 Å². The van der Waals surface area contributed by atoms with Crippen LogP contribution in [0.2, 0.25) is 0 Å². The predicted molar refractivity (Wildman–Crippen MR) is 118 cm³/mol. The molecule has 5 N–H and O–H groups in total. The molecule has 0 aliphatic carbocycles. The molecular formula is C21H26F5N3O8S. The molecule has 1 aromatic carbocycles. The fourth-order valence-electron chi connectivity index (χ4n) is 3.72. The third kappa shape index (κ3) is 7.73. The molecule has 38 heavy (non-hydrogen) atoms. The van der Waals surface area contributed by atoms with Crippen molar-refractivity contribution in [3.05, 3.63) is 34.6 Å². The highest BCUT2D eigenvalue weighted by molar-refractivity contribution is 7.86. The Morgan fingerprint density at radius 1 is 1.05 bits per heavy atom. The van der Waals surface area contributed by atoms with Gasteiger partial charge in [0.1, 0.15) is 12.6 Å². The van der Waals surface area contributed by atoms with Gasteiger partial charge in [-0.25, -0.2) is 26.7 Å². The second-order valence-electron chi connectivity index (χ2n) is 8.98. The highest BCUT2D eigenvalue weighted by Crippen LogP contribution is 2.24. The Bertz CT molecular complexity index is 1150. The largest absolute Gasteiger partial charge is 0.444 e. The molecule has 0 spiro atoms. The van der Waals surface area contributed by atoms with E-state index in [1.165, 1.54) is 0 Å². The molecule has 3 amide bonds. The van der Waals surface area contributed by atoms with E-state index in [0.717, 1.165) is 0 Å². The van der Waals surface area contributed by atoms with Crippen LogP contribution in [0.25, 0.3) is 0 Å². The number of carbonyl (C=O) groups is 3.